The van der Waals surface area contributed by atoms with Gasteiger partial charge in [0.15, 0.2) is 0 Å². The maximum atomic E-state index is 13.7. The van der Waals surface area contributed by atoms with Crippen molar-refractivity contribution in [1.29, 1.82) is 0 Å². The van der Waals surface area contributed by atoms with Crippen LogP contribution in [0.15, 0.2) is 115 Å². The lowest BCUT2D eigenvalue weighted by Crippen LogP contribution is -2.53. The predicted molar refractivity (Wildman–Crippen MR) is 198 cm³/mol. The van der Waals surface area contributed by atoms with Crippen molar-refractivity contribution < 1.29 is 14.4 Å². The summed E-state index contributed by atoms with van der Waals surface area (Å²) in [6, 6.07) is 33.9. The highest BCUT2D eigenvalue weighted by Crippen LogP contribution is 2.18. The molecule has 1 unspecified atom stereocenters. The normalized spacial score (nSPS) is 11.9. The first kappa shape index (κ1) is 37.0. The Bertz CT molecular complexity index is 1640. The number of nitrogens with one attached hydrogen (secondary N) is 2. The molecule has 49 heavy (non-hydrogen) atoms. The van der Waals surface area contributed by atoms with Crippen LogP contribution in [0.2, 0.25) is 0 Å². The maximum Gasteiger partial charge on any atom is 0.265 e. The standard InChI is InChI=1S/C41H51N5O3/c1-32(2)28-38(43-26-13-18-33-14-5-3-6-15-33)41(49)44-46(27-12-11-25-42)40(48)24-23-39(47)45(30-34-16-7-4-8-17-34)31-35-21-22-36-19-9-10-20-37(36)29-35/h3-10,14-17,19-24,29,32,38,43H,11-13,18,25-28,30-31,42H2,1-2H3,(H,44,49)/b24-23+. The summed E-state index contributed by atoms with van der Waals surface area (Å²) < 4.78 is 0. The number of benzene rings is 4. The number of hydrogen-bond donors (Lipinski definition) is 3. The molecule has 4 aromatic rings. The molecule has 0 aliphatic rings. The van der Waals surface area contributed by atoms with Gasteiger partial charge in [-0.1, -0.05) is 111 Å². The third-order valence-corrected chi connectivity index (χ3v) is 8.33. The zero-order chi connectivity index (χ0) is 34.8. The minimum Gasteiger partial charge on any atom is -0.331 e. The molecule has 0 aliphatic carbocycles. The number of rotatable bonds is 18. The number of unbranched alkanes of at least 4 members (excludes halogenated alkanes) is 1. The molecule has 4 aromatic carbocycles. The third kappa shape index (κ3) is 12.6. The molecule has 4 N–H and O–H groups in total. The summed E-state index contributed by atoms with van der Waals surface area (Å²) in [6.07, 6.45) is 6.30. The molecule has 0 spiro atoms. The molecule has 0 aliphatic heterocycles. The van der Waals surface area contributed by atoms with Crippen molar-refractivity contribution in [2.75, 3.05) is 19.6 Å². The number of hydrogen-bond acceptors (Lipinski definition) is 5. The lowest BCUT2D eigenvalue weighted by atomic mass is 10.0. The number of hydrazine groups is 1. The molecule has 4 rings (SSSR count). The molecule has 0 saturated heterocycles. The summed E-state index contributed by atoms with van der Waals surface area (Å²) in [4.78, 5) is 42.5. The third-order valence-electron chi connectivity index (χ3n) is 8.33. The van der Waals surface area contributed by atoms with Gasteiger partial charge in [0.1, 0.15) is 0 Å². The Morgan fingerprint density at radius 3 is 2.04 bits per heavy atom. The van der Waals surface area contributed by atoms with Crippen LogP contribution < -0.4 is 16.5 Å². The smallest absolute Gasteiger partial charge is 0.265 e. The largest absolute Gasteiger partial charge is 0.331 e. The van der Waals surface area contributed by atoms with E-state index in [-0.39, 0.29) is 24.3 Å². The van der Waals surface area contributed by atoms with Crippen molar-refractivity contribution in [3.63, 3.8) is 0 Å². The van der Waals surface area contributed by atoms with Crippen LogP contribution in [0.4, 0.5) is 0 Å². The molecule has 0 bridgehead atoms. The number of nitrogens with zero attached hydrogens (tertiary/aromatic N) is 2. The fraction of sp³-hybridized carbons (Fsp3) is 0.341. The molecule has 0 aromatic heterocycles. The van der Waals surface area contributed by atoms with E-state index in [4.69, 9.17) is 5.73 Å². The van der Waals surface area contributed by atoms with Gasteiger partial charge < -0.3 is 16.0 Å². The van der Waals surface area contributed by atoms with Gasteiger partial charge in [0.25, 0.3) is 11.8 Å². The first-order valence-electron chi connectivity index (χ1n) is 17.4. The summed E-state index contributed by atoms with van der Waals surface area (Å²) >= 11 is 0. The minimum absolute atomic E-state index is 0.267. The van der Waals surface area contributed by atoms with E-state index < -0.39 is 11.9 Å². The van der Waals surface area contributed by atoms with Crippen LogP contribution >= 0.6 is 0 Å². The minimum atomic E-state index is -0.463. The maximum absolute atomic E-state index is 13.7. The van der Waals surface area contributed by atoms with E-state index in [1.807, 2.05) is 66.7 Å². The lowest BCUT2D eigenvalue weighted by Gasteiger charge is -2.27. The average molecular weight is 662 g/mol. The summed E-state index contributed by atoms with van der Waals surface area (Å²) in [5.74, 6) is -0.751. The summed E-state index contributed by atoms with van der Waals surface area (Å²) in [5, 5.41) is 6.95. The van der Waals surface area contributed by atoms with Gasteiger partial charge in [0.05, 0.1) is 6.04 Å². The van der Waals surface area contributed by atoms with Gasteiger partial charge in [0, 0.05) is 31.8 Å². The van der Waals surface area contributed by atoms with Crippen molar-refractivity contribution in [2.45, 2.75) is 65.1 Å². The molecule has 0 saturated carbocycles. The Morgan fingerprint density at radius 1 is 0.714 bits per heavy atom. The van der Waals surface area contributed by atoms with Crippen LogP contribution in [0, 0.1) is 5.92 Å². The number of aryl methyl sites for hydroxylation is 1. The SMILES string of the molecule is CC(C)CC(NCCCc1ccccc1)C(=O)NN(CCCCN)C(=O)/C=C/C(=O)N(Cc1ccccc1)Cc1ccc2ccccc2c1. The molecule has 8 heteroatoms. The molecular weight excluding hydrogens is 610 g/mol. The lowest BCUT2D eigenvalue weighted by molar-refractivity contribution is -0.139. The second-order valence-electron chi connectivity index (χ2n) is 12.9. The fourth-order valence-corrected chi connectivity index (χ4v) is 5.73. The summed E-state index contributed by atoms with van der Waals surface area (Å²) in [6.45, 7) is 6.34. The molecule has 3 amide bonds. The topological polar surface area (TPSA) is 108 Å². The van der Waals surface area contributed by atoms with Crippen LogP contribution in [-0.2, 0) is 33.9 Å². The van der Waals surface area contributed by atoms with Crippen molar-refractivity contribution >= 4 is 28.5 Å². The first-order valence-corrected chi connectivity index (χ1v) is 17.4. The molecule has 0 radical (unpaired) electrons. The predicted octanol–water partition coefficient (Wildman–Crippen LogP) is 6.16. The Hall–Kier alpha value is -4.79. The monoisotopic (exact) mass is 661 g/mol. The van der Waals surface area contributed by atoms with Crippen LogP contribution in [0.1, 0.15) is 56.2 Å². The number of carbonyl (C=O) groups excluding carboxylic acids is 3. The van der Waals surface area contributed by atoms with E-state index in [9.17, 15) is 14.4 Å². The van der Waals surface area contributed by atoms with Crippen molar-refractivity contribution in [2.24, 2.45) is 11.7 Å². The zero-order valence-corrected chi connectivity index (χ0v) is 28.9. The van der Waals surface area contributed by atoms with E-state index in [1.54, 1.807) is 4.90 Å². The molecule has 0 fully saturated rings. The number of nitrogens with two attached hydrogens (primary N) is 1. The zero-order valence-electron chi connectivity index (χ0n) is 28.9. The Kier molecular flexibility index (Phi) is 15.0. The van der Waals surface area contributed by atoms with Crippen molar-refractivity contribution in [3.05, 3.63) is 132 Å². The Balaban J connectivity index is 1.44. The highest BCUT2D eigenvalue weighted by molar-refractivity contribution is 5.97. The van der Waals surface area contributed by atoms with E-state index in [0.717, 1.165) is 34.7 Å². The van der Waals surface area contributed by atoms with Gasteiger partial charge in [-0.25, -0.2) is 0 Å². The number of carbonyl (C=O) groups is 3. The van der Waals surface area contributed by atoms with Crippen LogP contribution in [0.5, 0.6) is 0 Å². The summed E-state index contributed by atoms with van der Waals surface area (Å²) in [7, 11) is 0. The second-order valence-corrected chi connectivity index (χ2v) is 12.9. The molecule has 8 nitrogen and oxygen atoms in total. The quantitative estimate of drug-likeness (QED) is 0.0673. The fourth-order valence-electron chi connectivity index (χ4n) is 5.73. The highest BCUT2D eigenvalue weighted by Gasteiger charge is 2.23. The Morgan fingerprint density at radius 2 is 1.35 bits per heavy atom. The van der Waals surface area contributed by atoms with Crippen LogP contribution in [0.25, 0.3) is 10.8 Å². The van der Waals surface area contributed by atoms with E-state index >= 15 is 0 Å². The van der Waals surface area contributed by atoms with Gasteiger partial charge in [-0.15, -0.1) is 0 Å². The van der Waals surface area contributed by atoms with Gasteiger partial charge in [-0.05, 0) is 84.6 Å². The number of fused-ring (bicyclic) bond motifs is 1. The molecule has 0 heterocycles. The Labute approximate surface area is 291 Å². The van der Waals surface area contributed by atoms with Gasteiger partial charge in [0.2, 0.25) is 5.91 Å². The molecular formula is C41H51N5O3. The second kappa shape index (κ2) is 19.9. The van der Waals surface area contributed by atoms with E-state index in [1.165, 1.54) is 22.7 Å². The van der Waals surface area contributed by atoms with Gasteiger partial charge in [-0.3, -0.25) is 24.8 Å². The van der Waals surface area contributed by atoms with Gasteiger partial charge >= 0.3 is 0 Å². The summed E-state index contributed by atoms with van der Waals surface area (Å²) in [5.41, 5.74) is 11.8. The first-order chi connectivity index (χ1) is 23.8. The van der Waals surface area contributed by atoms with E-state index in [0.29, 0.717) is 45.4 Å². The average Bonchev–Trinajstić information content (AvgIpc) is 3.11. The molecule has 1 atom stereocenters. The van der Waals surface area contributed by atoms with E-state index in [2.05, 4.69) is 61.0 Å². The van der Waals surface area contributed by atoms with Crippen molar-refractivity contribution in [3.8, 4) is 0 Å². The number of amides is 3. The van der Waals surface area contributed by atoms with Crippen LogP contribution in [0.3, 0.4) is 0 Å². The van der Waals surface area contributed by atoms with Crippen molar-refractivity contribution in [1.82, 2.24) is 20.7 Å². The molecule has 258 valence electrons. The highest BCUT2D eigenvalue weighted by atomic mass is 16.2. The van der Waals surface area contributed by atoms with Crippen LogP contribution in [-0.4, -0.2) is 53.3 Å². The van der Waals surface area contributed by atoms with Gasteiger partial charge in [-0.2, -0.15) is 0 Å².